The Balaban J connectivity index is 1.73. The molecule has 2 N–H and O–H groups in total. The summed E-state index contributed by atoms with van der Waals surface area (Å²) in [6, 6.07) is 13.4. The van der Waals surface area contributed by atoms with E-state index in [9.17, 15) is 14.0 Å². The topological polar surface area (TPSA) is 106 Å². The lowest BCUT2D eigenvalue weighted by Gasteiger charge is -2.15. The number of carbonyl (C=O) groups excluding carboxylic acids is 2. The van der Waals surface area contributed by atoms with E-state index < -0.39 is 23.9 Å². The highest BCUT2D eigenvalue weighted by Crippen LogP contribution is 2.25. The van der Waals surface area contributed by atoms with E-state index in [0.717, 1.165) is 11.3 Å². The molecule has 0 aliphatic heterocycles. The molecule has 1 aromatic heterocycles. The number of para-hydroxylation sites is 1. The molecule has 3 rings (SSSR count). The summed E-state index contributed by atoms with van der Waals surface area (Å²) in [5.41, 5.74) is 1.94. The van der Waals surface area contributed by atoms with Gasteiger partial charge in [0.25, 0.3) is 0 Å². The molecule has 2 amide bonds. The molecule has 0 saturated heterocycles. The Hall–Kier alpha value is -3.66. The molecule has 35 heavy (non-hydrogen) atoms. The van der Waals surface area contributed by atoms with Gasteiger partial charge in [-0.15, -0.1) is 11.8 Å². The van der Waals surface area contributed by atoms with Gasteiger partial charge < -0.3 is 19.9 Å². The maximum atomic E-state index is 13.7. The summed E-state index contributed by atoms with van der Waals surface area (Å²) in [5, 5.41) is 9.83. The fourth-order valence-corrected chi connectivity index (χ4v) is 3.81. The number of halogens is 1. The quantitative estimate of drug-likeness (QED) is 0.230. The van der Waals surface area contributed by atoms with Crippen molar-refractivity contribution in [3.05, 3.63) is 66.2 Å². The molecular formula is C25H27FN4O4S. The number of rotatable bonds is 8. The van der Waals surface area contributed by atoms with Crippen molar-refractivity contribution < 1.29 is 23.2 Å². The molecule has 0 spiro atoms. The molecule has 0 radical (unpaired) electrons. The first-order valence-electron chi connectivity index (χ1n) is 11.0. The van der Waals surface area contributed by atoms with Crippen LogP contribution in [0.3, 0.4) is 0 Å². The first-order chi connectivity index (χ1) is 16.8. The molecule has 8 nitrogen and oxygen atoms in total. The number of aliphatic imine (C=N–C) groups is 1. The molecule has 0 unspecified atom stereocenters. The van der Waals surface area contributed by atoms with E-state index in [1.165, 1.54) is 31.0 Å². The highest BCUT2D eigenvalue weighted by molar-refractivity contribution is 8.14. The summed E-state index contributed by atoms with van der Waals surface area (Å²) in [6.07, 6.45) is 0. The molecule has 184 valence electrons. The highest BCUT2D eigenvalue weighted by Gasteiger charge is 2.24. The lowest BCUT2D eigenvalue weighted by molar-refractivity contribution is -0.143. The molecule has 0 aliphatic rings. The Bertz CT molecular complexity index is 1190. The number of methoxy groups -OCH3 is 1. The van der Waals surface area contributed by atoms with Crippen LogP contribution in [0.5, 0.6) is 0 Å². The number of ether oxygens (including phenoxy) is 1. The number of amides is 2. The molecule has 1 atom stereocenters. The number of nitrogens with one attached hydrogen (secondary N) is 2. The van der Waals surface area contributed by atoms with Crippen molar-refractivity contribution in [2.45, 2.75) is 26.8 Å². The van der Waals surface area contributed by atoms with Gasteiger partial charge >= 0.3 is 12.0 Å². The number of thioether (sulfide) groups is 1. The van der Waals surface area contributed by atoms with E-state index in [1.54, 1.807) is 42.5 Å². The van der Waals surface area contributed by atoms with Crippen LogP contribution in [0.15, 0.2) is 64.1 Å². The lowest BCUT2D eigenvalue weighted by Crippen LogP contribution is -2.27. The summed E-state index contributed by atoms with van der Waals surface area (Å²) in [6.45, 7) is 5.78. The van der Waals surface area contributed by atoms with Crippen LogP contribution < -0.4 is 10.6 Å². The third-order valence-electron chi connectivity index (χ3n) is 4.89. The van der Waals surface area contributed by atoms with Crippen LogP contribution >= 0.6 is 11.8 Å². The minimum absolute atomic E-state index is 0.0482. The Morgan fingerprint density at radius 2 is 1.86 bits per heavy atom. The second-order valence-electron chi connectivity index (χ2n) is 7.79. The summed E-state index contributed by atoms with van der Waals surface area (Å²) < 4.78 is 24.1. The van der Waals surface area contributed by atoms with E-state index in [-0.39, 0.29) is 11.6 Å². The third kappa shape index (κ3) is 6.92. The normalized spacial score (nSPS) is 12.3. The first-order valence-corrected chi connectivity index (χ1v) is 12.0. The van der Waals surface area contributed by atoms with E-state index in [2.05, 4.69) is 20.8 Å². The molecule has 2 aromatic carbocycles. The second kappa shape index (κ2) is 12.2. The minimum Gasteiger partial charge on any atom is -0.467 e. The van der Waals surface area contributed by atoms with Gasteiger partial charge in [-0.05, 0) is 35.9 Å². The largest absolute Gasteiger partial charge is 0.467 e. The standard InChI is InChI=1S/C25H27FN4O4S/c1-5-35-23(29-22(15(2)3)24(31)33-4)21-14-20(30-34-21)16-10-12-17(13-11-16)27-25(32)28-19-9-7-6-8-18(19)26/h6-15,22H,5H2,1-4H3,(H2,27,28,32)/t22-/m1/s1. The zero-order valence-electron chi connectivity index (χ0n) is 19.9. The summed E-state index contributed by atoms with van der Waals surface area (Å²) in [4.78, 5) is 28.9. The average molecular weight is 499 g/mol. The highest BCUT2D eigenvalue weighted by atomic mass is 32.2. The SMILES string of the molecule is CCSC(=N[C@@H](C(=O)OC)C(C)C)c1cc(-c2ccc(NC(=O)Nc3ccccc3F)cc2)no1. The van der Waals surface area contributed by atoms with Crippen LogP contribution in [-0.2, 0) is 9.53 Å². The predicted octanol–water partition coefficient (Wildman–Crippen LogP) is 5.82. The van der Waals surface area contributed by atoms with Crippen LogP contribution in [0, 0.1) is 11.7 Å². The van der Waals surface area contributed by atoms with E-state index in [0.29, 0.717) is 22.2 Å². The van der Waals surface area contributed by atoms with E-state index in [1.807, 2.05) is 20.8 Å². The molecule has 3 aromatic rings. The van der Waals surface area contributed by atoms with Gasteiger partial charge in [0, 0.05) is 17.3 Å². The van der Waals surface area contributed by atoms with Crippen molar-refractivity contribution in [1.82, 2.24) is 5.16 Å². The van der Waals surface area contributed by atoms with Gasteiger partial charge in [0.2, 0.25) is 0 Å². The fraction of sp³-hybridized carbons (Fsp3) is 0.280. The average Bonchev–Trinajstić information content (AvgIpc) is 3.33. The zero-order valence-corrected chi connectivity index (χ0v) is 20.7. The van der Waals surface area contributed by atoms with Gasteiger partial charge in [-0.25, -0.2) is 14.0 Å². The maximum absolute atomic E-state index is 13.7. The number of urea groups is 1. The molecule has 1 heterocycles. The number of hydrogen-bond acceptors (Lipinski definition) is 7. The van der Waals surface area contributed by atoms with Crippen molar-refractivity contribution in [3.63, 3.8) is 0 Å². The lowest BCUT2D eigenvalue weighted by atomic mass is 10.1. The second-order valence-corrected chi connectivity index (χ2v) is 9.04. The van der Waals surface area contributed by atoms with Gasteiger partial charge in [-0.3, -0.25) is 4.99 Å². The van der Waals surface area contributed by atoms with E-state index in [4.69, 9.17) is 9.26 Å². The molecular weight excluding hydrogens is 471 g/mol. The van der Waals surface area contributed by atoms with Gasteiger partial charge in [-0.2, -0.15) is 0 Å². The van der Waals surface area contributed by atoms with Crippen LogP contribution in [0.1, 0.15) is 26.5 Å². The molecule has 10 heteroatoms. The first kappa shape index (κ1) is 26.0. The van der Waals surface area contributed by atoms with Gasteiger partial charge in [0.1, 0.15) is 16.6 Å². The smallest absolute Gasteiger partial charge is 0.330 e. The molecule has 0 bridgehead atoms. The fourth-order valence-electron chi connectivity index (χ4n) is 3.11. The number of anilines is 2. The van der Waals surface area contributed by atoms with Crippen LogP contribution in [0.2, 0.25) is 0 Å². The van der Waals surface area contributed by atoms with Crippen LogP contribution in [-0.4, -0.2) is 41.1 Å². The zero-order chi connectivity index (χ0) is 25.4. The van der Waals surface area contributed by atoms with Crippen molar-refractivity contribution in [3.8, 4) is 11.3 Å². The van der Waals surface area contributed by atoms with Gasteiger partial charge in [0.05, 0.1) is 12.8 Å². The number of benzene rings is 2. The number of carbonyl (C=O) groups is 2. The summed E-state index contributed by atoms with van der Waals surface area (Å²) in [5.74, 6) is 0.211. The summed E-state index contributed by atoms with van der Waals surface area (Å²) >= 11 is 1.45. The number of nitrogens with zero attached hydrogens (tertiary/aromatic N) is 2. The Labute approximate surface area is 207 Å². The maximum Gasteiger partial charge on any atom is 0.330 e. The molecule has 0 saturated carbocycles. The van der Waals surface area contributed by atoms with Crippen LogP contribution in [0.4, 0.5) is 20.6 Å². The predicted molar refractivity (Wildman–Crippen MR) is 136 cm³/mol. The van der Waals surface area contributed by atoms with Crippen molar-refractivity contribution in [1.29, 1.82) is 0 Å². The van der Waals surface area contributed by atoms with Crippen molar-refractivity contribution in [2.75, 3.05) is 23.5 Å². The number of esters is 1. The summed E-state index contributed by atoms with van der Waals surface area (Å²) in [7, 11) is 1.34. The van der Waals surface area contributed by atoms with Crippen molar-refractivity contribution in [2.24, 2.45) is 10.9 Å². The molecule has 0 aliphatic carbocycles. The Kier molecular flexibility index (Phi) is 9.02. The Morgan fingerprint density at radius 3 is 2.49 bits per heavy atom. The van der Waals surface area contributed by atoms with Gasteiger partial charge in [-0.1, -0.05) is 50.2 Å². The van der Waals surface area contributed by atoms with Gasteiger partial charge in [0.15, 0.2) is 11.8 Å². The third-order valence-corrected chi connectivity index (χ3v) is 5.76. The minimum atomic E-state index is -0.650. The number of hydrogen-bond donors (Lipinski definition) is 2. The monoisotopic (exact) mass is 498 g/mol. The molecule has 0 fully saturated rings. The van der Waals surface area contributed by atoms with Crippen molar-refractivity contribution >= 4 is 40.2 Å². The van der Waals surface area contributed by atoms with E-state index >= 15 is 0 Å². The number of aromatic nitrogens is 1. The Morgan fingerprint density at radius 1 is 1.14 bits per heavy atom. The van der Waals surface area contributed by atoms with Crippen LogP contribution in [0.25, 0.3) is 11.3 Å².